The fraction of sp³-hybridized carbons (Fsp3) is 1.00. The molecule has 2 nitrogen and oxygen atoms in total. The predicted octanol–water partition coefficient (Wildman–Crippen LogP) is 8.85. The number of rotatable bonds is 18. The maximum Gasteiger partial charge on any atom is 0.317 e. The minimum absolute atomic E-state index is 1.22. The summed E-state index contributed by atoms with van der Waals surface area (Å²) < 4.78 is 13.9. The molecule has 0 saturated heterocycles. The summed E-state index contributed by atoms with van der Waals surface area (Å²) in [5, 5.41) is 0. The van der Waals surface area contributed by atoms with Crippen LogP contribution < -0.4 is 0 Å². The molecule has 5 heteroatoms. The first-order chi connectivity index (χ1) is 12.5. The van der Waals surface area contributed by atoms with Crippen molar-refractivity contribution in [2.24, 2.45) is 0 Å². The molecule has 0 amide bonds. The van der Waals surface area contributed by atoms with Crippen molar-refractivity contribution in [3.05, 3.63) is 0 Å². The predicted molar refractivity (Wildman–Crippen MR) is 131 cm³/mol. The number of hydrogen-bond donors (Lipinski definition) is 0. The third-order valence-corrected chi connectivity index (χ3v) is 14.9. The summed E-state index contributed by atoms with van der Waals surface area (Å²) >= 11 is 0. The minimum Gasteiger partial charge on any atom is -0.436 e. The first-order valence-electron chi connectivity index (χ1n) is 11.9. The summed E-state index contributed by atoms with van der Waals surface area (Å²) in [4.78, 5) is 0. The molecule has 0 aliphatic rings. The van der Waals surface area contributed by atoms with Crippen LogP contribution in [0.2, 0.25) is 51.4 Å². The van der Waals surface area contributed by atoms with Crippen molar-refractivity contribution in [1.82, 2.24) is 0 Å². The molecule has 0 aromatic carbocycles. The Labute approximate surface area is 175 Å². The second-order valence-electron chi connectivity index (χ2n) is 10.4. The van der Waals surface area contributed by atoms with E-state index in [9.17, 15) is 0 Å². The Balaban J connectivity index is 4.85. The van der Waals surface area contributed by atoms with E-state index < -0.39 is 25.2 Å². The van der Waals surface area contributed by atoms with Crippen molar-refractivity contribution < 1.29 is 8.23 Å². The number of hydrogen-bond acceptors (Lipinski definition) is 2. The Kier molecular flexibility index (Phi) is 14.8. The van der Waals surface area contributed by atoms with Crippen LogP contribution in [0, 0.1) is 0 Å². The van der Waals surface area contributed by atoms with Gasteiger partial charge in [0.2, 0.25) is 0 Å². The van der Waals surface area contributed by atoms with Gasteiger partial charge in [-0.1, -0.05) is 90.9 Å². The molecule has 0 fully saturated rings. The molecule has 0 aliphatic heterocycles. The summed E-state index contributed by atoms with van der Waals surface area (Å²) in [6, 6.07) is 2.45. The van der Waals surface area contributed by atoms with Crippen molar-refractivity contribution in [2.75, 3.05) is 0 Å². The summed E-state index contributed by atoms with van der Waals surface area (Å²) in [6.07, 6.45) is 16.3. The molecular formula is C22H52O2Si3. The minimum atomic E-state index is -2.08. The summed E-state index contributed by atoms with van der Waals surface area (Å²) in [5.41, 5.74) is 0. The van der Waals surface area contributed by atoms with Gasteiger partial charge in [0, 0.05) is 0 Å². The second-order valence-corrected chi connectivity index (χ2v) is 23.3. The van der Waals surface area contributed by atoms with Crippen molar-refractivity contribution >= 4 is 25.2 Å². The lowest BCUT2D eigenvalue weighted by Crippen LogP contribution is -2.54. The van der Waals surface area contributed by atoms with E-state index >= 15 is 0 Å². The lowest BCUT2D eigenvalue weighted by molar-refractivity contribution is 0.364. The first-order valence-corrected chi connectivity index (χ1v) is 21.0. The lowest BCUT2D eigenvalue weighted by atomic mass is 10.1. The van der Waals surface area contributed by atoms with Crippen LogP contribution in [0.5, 0.6) is 0 Å². The van der Waals surface area contributed by atoms with Gasteiger partial charge in [-0.15, -0.1) is 0 Å². The van der Waals surface area contributed by atoms with Crippen LogP contribution in [0.3, 0.4) is 0 Å². The Bertz CT molecular complexity index is 314. The van der Waals surface area contributed by atoms with Gasteiger partial charge in [0.1, 0.15) is 0 Å². The van der Waals surface area contributed by atoms with E-state index in [0.717, 1.165) is 0 Å². The highest BCUT2D eigenvalue weighted by Gasteiger charge is 2.43. The fourth-order valence-electron chi connectivity index (χ4n) is 3.82. The molecule has 0 saturated carbocycles. The SMILES string of the molecule is CCCCCCCC[Si](CCCCCCCC)(O[Si](C)(C)C)O[Si](C)(C)C. The van der Waals surface area contributed by atoms with Crippen LogP contribution in [0.4, 0.5) is 0 Å². The van der Waals surface area contributed by atoms with Crippen molar-refractivity contribution in [3.8, 4) is 0 Å². The zero-order valence-electron chi connectivity index (χ0n) is 20.2. The van der Waals surface area contributed by atoms with Crippen molar-refractivity contribution in [2.45, 2.75) is 142 Å². The van der Waals surface area contributed by atoms with Crippen LogP contribution in [-0.2, 0) is 8.23 Å². The zero-order valence-corrected chi connectivity index (χ0v) is 23.2. The van der Waals surface area contributed by atoms with Crippen molar-refractivity contribution in [3.63, 3.8) is 0 Å². The maximum atomic E-state index is 6.95. The van der Waals surface area contributed by atoms with E-state index in [0.29, 0.717) is 0 Å². The van der Waals surface area contributed by atoms with Gasteiger partial charge in [-0.2, -0.15) is 0 Å². The highest BCUT2D eigenvalue weighted by Crippen LogP contribution is 2.32. The molecule has 0 bridgehead atoms. The van der Waals surface area contributed by atoms with Gasteiger partial charge < -0.3 is 8.23 Å². The Morgan fingerprint density at radius 2 is 0.741 bits per heavy atom. The standard InChI is InChI=1S/C22H52O2Si3/c1-9-11-13-15-17-19-21-27(23-25(3,4)5,24-26(6,7)8)22-20-18-16-14-12-10-2/h9-22H2,1-8H3. The number of unbranched alkanes of at least 4 members (excludes halogenated alkanes) is 10. The van der Waals surface area contributed by atoms with Gasteiger partial charge in [-0.05, 0) is 51.4 Å². The Hall–Kier alpha value is 0.571. The molecule has 0 aromatic rings. The van der Waals surface area contributed by atoms with E-state index in [1.165, 1.54) is 89.1 Å². The first kappa shape index (κ1) is 27.6. The quantitative estimate of drug-likeness (QED) is 0.159. The monoisotopic (exact) mass is 432 g/mol. The zero-order chi connectivity index (χ0) is 20.8. The summed E-state index contributed by atoms with van der Waals surface area (Å²) in [6.45, 7) is 18.7. The molecule has 0 aliphatic carbocycles. The van der Waals surface area contributed by atoms with Crippen molar-refractivity contribution in [1.29, 1.82) is 0 Å². The van der Waals surface area contributed by atoms with Crippen LogP contribution in [0.15, 0.2) is 0 Å². The van der Waals surface area contributed by atoms with Gasteiger partial charge in [-0.3, -0.25) is 0 Å². The second kappa shape index (κ2) is 14.5. The molecule has 0 N–H and O–H groups in total. The molecule has 0 unspecified atom stereocenters. The van der Waals surface area contributed by atoms with Gasteiger partial charge in [0.05, 0.1) is 0 Å². The highest BCUT2D eigenvalue weighted by atomic mass is 28.5. The Morgan fingerprint density at radius 3 is 1.04 bits per heavy atom. The molecule has 0 radical (unpaired) electrons. The van der Waals surface area contributed by atoms with Gasteiger partial charge in [0.25, 0.3) is 0 Å². The van der Waals surface area contributed by atoms with Crippen LogP contribution in [0.25, 0.3) is 0 Å². The highest BCUT2D eigenvalue weighted by molar-refractivity contribution is 6.88. The lowest BCUT2D eigenvalue weighted by Gasteiger charge is -2.41. The van der Waals surface area contributed by atoms with E-state index in [1.807, 2.05) is 0 Å². The van der Waals surface area contributed by atoms with Crippen LogP contribution in [-0.4, -0.2) is 25.2 Å². The molecule has 0 heterocycles. The molecule has 0 aromatic heterocycles. The molecular weight excluding hydrogens is 380 g/mol. The fourth-order valence-corrected chi connectivity index (χ4v) is 16.7. The maximum absolute atomic E-state index is 6.95. The van der Waals surface area contributed by atoms with Gasteiger partial charge in [-0.25, -0.2) is 0 Å². The summed E-state index contributed by atoms with van der Waals surface area (Å²) in [5.74, 6) is 0. The van der Waals surface area contributed by atoms with Gasteiger partial charge >= 0.3 is 8.56 Å². The average molecular weight is 433 g/mol. The van der Waals surface area contributed by atoms with E-state index in [4.69, 9.17) is 8.23 Å². The van der Waals surface area contributed by atoms with Gasteiger partial charge in [0.15, 0.2) is 16.6 Å². The molecule has 0 rings (SSSR count). The van der Waals surface area contributed by atoms with Crippen LogP contribution >= 0.6 is 0 Å². The van der Waals surface area contributed by atoms with E-state index in [1.54, 1.807) is 0 Å². The largest absolute Gasteiger partial charge is 0.436 e. The third-order valence-electron chi connectivity index (χ3n) is 4.81. The molecule has 164 valence electrons. The van der Waals surface area contributed by atoms with E-state index in [2.05, 4.69) is 53.1 Å². The van der Waals surface area contributed by atoms with E-state index in [-0.39, 0.29) is 0 Å². The molecule has 27 heavy (non-hydrogen) atoms. The smallest absolute Gasteiger partial charge is 0.317 e. The summed E-state index contributed by atoms with van der Waals surface area (Å²) in [7, 11) is -5.27. The van der Waals surface area contributed by atoms with Crippen LogP contribution in [0.1, 0.15) is 90.9 Å². The molecule has 0 spiro atoms. The Morgan fingerprint density at radius 1 is 0.444 bits per heavy atom. The third kappa shape index (κ3) is 17.2. The topological polar surface area (TPSA) is 18.5 Å². The normalized spacial score (nSPS) is 13.3. The molecule has 0 atom stereocenters. The average Bonchev–Trinajstić information content (AvgIpc) is 2.51.